The molecule has 1 atom stereocenters. The average molecular weight is 455 g/mol. The summed E-state index contributed by atoms with van der Waals surface area (Å²) in [6, 6.07) is 18.7. The third-order valence-corrected chi connectivity index (χ3v) is 5.91. The van der Waals surface area contributed by atoms with Crippen molar-refractivity contribution in [3.8, 4) is 5.75 Å². The Labute approximate surface area is 201 Å². The second-order valence-corrected chi connectivity index (χ2v) is 9.83. The first-order valence-electron chi connectivity index (χ1n) is 12.6. The van der Waals surface area contributed by atoms with Crippen molar-refractivity contribution in [2.45, 2.75) is 77.9 Å². The lowest BCUT2D eigenvalue weighted by molar-refractivity contribution is -0.903. The molecule has 0 aromatic heterocycles. The molecule has 4 heteroatoms. The molecule has 0 N–H and O–H groups in total. The molecule has 33 heavy (non-hydrogen) atoms. The number of aryl methyl sites for hydroxylation is 1. The molecule has 0 bridgehead atoms. The molecular weight excluding hydrogens is 410 g/mol. The van der Waals surface area contributed by atoms with E-state index in [9.17, 15) is 4.79 Å². The molecule has 0 saturated carbocycles. The number of carbonyl (C=O) groups excluding carboxylic acids is 1. The number of rotatable bonds is 16. The number of carbonyl (C=O) groups is 1. The topological polar surface area (TPSA) is 35.5 Å². The van der Waals surface area contributed by atoms with Gasteiger partial charge < -0.3 is 14.0 Å². The fourth-order valence-corrected chi connectivity index (χ4v) is 3.98. The van der Waals surface area contributed by atoms with Crippen LogP contribution in [-0.2, 0) is 22.5 Å². The fourth-order valence-electron chi connectivity index (χ4n) is 3.98. The highest BCUT2D eigenvalue weighted by atomic mass is 16.6. The number of quaternary nitrogens is 1. The van der Waals surface area contributed by atoms with Crippen LogP contribution in [0.1, 0.15) is 69.9 Å². The van der Waals surface area contributed by atoms with Crippen molar-refractivity contribution in [3.05, 3.63) is 65.7 Å². The van der Waals surface area contributed by atoms with Gasteiger partial charge in [-0.2, -0.15) is 0 Å². The molecule has 1 unspecified atom stereocenters. The Hall–Kier alpha value is -2.33. The first-order valence-corrected chi connectivity index (χ1v) is 12.6. The van der Waals surface area contributed by atoms with Gasteiger partial charge in [-0.25, -0.2) is 0 Å². The summed E-state index contributed by atoms with van der Waals surface area (Å²) in [6.07, 6.45) is 9.13. The van der Waals surface area contributed by atoms with Crippen LogP contribution in [0.5, 0.6) is 5.75 Å². The van der Waals surface area contributed by atoms with Crippen LogP contribution < -0.4 is 4.74 Å². The quantitative estimate of drug-likeness (QED) is 0.163. The average Bonchev–Trinajstić information content (AvgIpc) is 2.79. The van der Waals surface area contributed by atoms with E-state index in [0.717, 1.165) is 29.7 Å². The van der Waals surface area contributed by atoms with Crippen molar-refractivity contribution < 1.29 is 18.8 Å². The number of benzene rings is 2. The molecule has 0 aliphatic carbocycles. The van der Waals surface area contributed by atoms with Gasteiger partial charge in [-0.15, -0.1) is 0 Å². The largest absolute Gasteiger partial charge is 0.487 e. The van der Waals surface area contributed by atoms with E-state index in [1.807, 2.05) is 25.1 Å². The molecule has 0 heterocycles. The molecular formula is C29H44NO3+. The molecule has 182 valence electrons. The van der Waals surface area contributed by atoms with Gasteiger partial charge in [0.2, 0.25) is 0 Å². The summed E-state index contributed by atoms with van der Waals surface area (Å²) in [4.78, 5) is 12.3. The molecule has 4 nitrogen and oxygen atoms in total. The number of hydrogen-bond acceptors (Lipinski definition) is 3. The van der Waals surface area contributed by atoms with E-state index in [1.165, 1.54) is 49.7 Å². The van der Waals surface area contributed by atoms with Gasteiger partial charge in [0.1, 0.15) is 25.0 Å². The Morgan fingerprint density at radius 2 is 1.61 bits per heavy atom. The Kier molecular flexibility index (Phi) is 12.0. The Morgan fingerprint density at radius 1 is 0.909 bits per heavy atom. The van der Waals surface area contributed by atoms with Gasteiger partial charge in [-0.1, -0.05) is 81.5 Å². The van der Waals surface area contributed by atoms with Gasteiger partial charge in [-0.3, -0.25) is 4.79 Å². The number of unbranched alkanes of at least 4 members (excludes halogenated alkanes) is 5. The van der Waals surface area contributed by atoms with E-state index in [0.29, 0.717) is 6.42 Å². The van der Waals surface area contributed by atoms with Crippen LogP contribution in [0.25, 0.3) is 0 Å². The molecule has 0 spiro atoms. The Balaban J connectivity index is 1.66. The zero-order valence-electron chi connectivity index (χ0n) is 21.2. The van der Waals surface area contributed by atoms with Gasteiger partial charge in [0.25, 0.3) is 0 Å². The highest BCUT2D eigenvalue weighted by molar-refractivity contribution is 5.69. The third kappa shape index (κ3) is 11.9. The summed E-state index contributed by atoms with van der Waals surface area (Å²) in [5.74, 6) is 0.684. The van der Waals surface area contributed by atoms with E-state index in [-0.39, 0.29) is 18.7 Å². The summed E-state index contributed by atoms with van der Waals surface area (Å²) < 4.78 is 12.2. The van der Waals surface area contributed by atoms with Gasteiger partial charge in [0, 0.05) is 5.56 Å². The molecule has 2 aromatic rings. The van der Waals surface area contributed by atoms with Crippen LogP contribution in [0.3, 0.4) is 0 Å². The molecule has 0 aliphatic heterocycles. The fraction of sp³-hybridized carbons (Fsp3) is 0.552. The number of hydrogen-bond donors (Lipinski definition) is 0. The maximum absolute atomic E-state index is 12.3. The predicted molar refractivity (Wildman–Crippen MR) is 136 cm³/mol. The lowest BCUT2D eigenvalue weighted by atomic mass is 10.0. The van der Waals surface area contributed by atoms with E-state index in [2.05, 4.69) is 57.4 Å². The lowest BCUT2D eigenvalue weighted by Gasteiger charge is -2.29. The third-order valence-electron chi connectivity index (χ3n) is 5.91. The van der Waals surface area contributed by atoms with Crippen LogP contribution in [0, 0.1) is 0 Å². The van der Waals surface area contributed by atoms with Gasteiger partial charge in [0.15, 0.2) is 0 Å². The standard InChI is InChI=1S/C29H44NO3/c1-5-6-7-8-9-11-15-26-18-14-19-28(22-26)33-25(2)24-32-29(31)20-21-30(3,4)23-27-16-12-10-13-17-27/h10,12-14,16-19,22,25H,5-9,11,15,20-21,23-24H2,1-4H3/q+1. The molecule has 0 amide bonds. The molecule has 2 rings (SSSR count). The number of esters is 1. The van der Waals surface area contributed by atoms with E-state index >= 15 is 0 Å². The highest BCUT2D eigenvalue weighted by Gasteiger charge is 2.19. The van der Waals surface area contributed by atoms with Gasteiger partial charge >= 0.3 is 5.97 Å². The van der Waals surface area contributed by atoms with Crippen LogP contribution in [0.2, 0.25) is 0 Å². The van der Waals surface area contributed by atoms with E-state index < -0.39 is 0 Å². The lowest BCUT2D eigenvalue weighted by Crippen LogP contribution is -2.40. The SMILES string of the molecule is CCCCCCCCc1cccc(OC(C)COC(=O)CC[N+](C)(C)Cc2ccccc2)c1. The molecule has 0 saturated heterocycles. The predicted octanol–water partition coefficient (Wildman–Crippen LogP) is 6.57. The second kappa shape index (κ2) is 14.7. The summed E-state index contributed by atoms with van der Waals surface area (Å²) >= 11 is 0. The first-order chi connectivity index (χ1) is 15.9. The van der Waals surface area contributed by atoms with Crippen molar-refractivity contribution >= 4 is 5.97 Å². The molecule has 0 radical (unpaired) electrons. The van der Waals surface area contributed by atoms with Crippen LogP contribution in [0.15, 0.2) is 54.6 Å². The zero-order chi connectivity index (χ0) is 23.9. The van der Waals surface area contributed by atoms with Crippen LogP contribution >= 0.6 is 0 Å². The van der Waals surface area contributed by atoms with E-state index in [1.54, 1.807) is 0 Å². The summed E-state index contributed by atoms with van der Waals surface area (Å²) in [5, 5.41) is 0. The van der Waals surface area contributed by atoms with Crippen molar-refractivity contribution in [2.75, 3.05) is 27.2 Å². The molecule has 2 aromatic carbocycles. The second-order valence-electron chi connectivity index (χ2n) is 9.83. The molecule has 0 aliphatic rings. The minimum absolute atomic E-state index is 0.165. The van der Waals surface area contributed by atoms with E-state index in [4.69, 9.17) is 9.47 Å². The van der Waals surface area contributed by atoms with Gasteiger partial charge in [0.05, 0.1) is 27.1 Å². The van der Waals surface area contributed by atoms with Crippen molar-refractivity contribution in [1.82, 2.24) is 0 Å². The maximum atomic E-state index is 12.3. The smallest absolute Gasteiger partial charge is 0.311 e. The maximum Gasteiger partial charge on any atom is 0.311 e. The summed E-state index contributed by atoms with van der Waals surface area (Å²) in [6.45, 7) is 6.10. The number of nitrogens with zero attached hydrogens (tertiary/aromatic N) is 1. The van der Waals surface area contributed by atoms with Crippen molar-refractivity contribution in [3.63, 3.8) is 0 Å². The van der Waals surface area contributed by atoms with Crippen LogP contribution in [-0.4, -0.2) is 43.8 Å². The minimum atomic E-state index is -0.176. The number of ether oxygens (including phenoxy) is 2. The monoisotopic (exact) mass is 454 g/mol. The normalized spacial score (nSPS) is 12.4. The van der Waals surface area contributed by atoms with Crippen molar-refractivity contribution in [2.24, 2.45) is 0 Å². The van der Waals surface area contributed by atoms with Crippen molar-refractivity contribution in [1.29, 1.82) is 0 Å². The summed E-state index contributed by atoms with van der Waals surface area (Å²) in [7, 11) is 4.29. The van der Waals surface area contributed by atoms with Gasteiger partial charge in [-0.05, 0) is 37.5 Å². The highest BCUT2D eigenvalue weighted by Crippen LogP contribution is 2.18. The Morgan fingerprint density at radius 3 is 2.36 bits per heavy atom. The minimum Gasteiger partial charge on any atom is -0.487 e. The Bertz CT molecular complexity index is 804. The first kappa shape index (κ1) is 26.9. The zero-order valence-corrected chi connectivity index (χ0v) is 21.2. The summed E-state index contributed by atoms with van der Waals surface area (Å²) in [5.41, 5.74) is 2.59. The van der Waals surface area contributed by atoms with Crippen LogP contribution in [0.4, 0.5) is 0 Å². The molecule has 0 fully saturated rings.